The topological polar surface area (TPSA) is 82.2 Å². The van der Waals surface area contributed by atoms with E-state index in [2.05, 4.69) is 10.1 Å². The maximum atomic E-state index is 12.2. The molecule has 0 aromatic rings. The molecular weight excluding hydrogens is 256 g/mol. The van der Waals surface area contributed by atoms with E-state index in [4.69, 9.17) is 10.9 Å². The van der Waals surface area contributed by atoms with Gasteiger partial charge in [0.1, 0.15) is 0 Å². The molecule has 0 aromatic heterocycles. The zero-order valence-electron chi connectivity index (χ0n) is 12.1. The quantitative estimate of drug-likeness (QED) is 0.339. The number of piperazine rings is 1. The van der Waals surface area contributed by atoms with E-state index in [0.717, 1.165) is 38.5 Å². The summed E-state index contributed by atoms with van der Waals surface area (Å²) in [6, 6.07) is 0. The molecule has 0 radical (unpaired) electrons. The second kappa shape index (κ2) is 7.47. The summed E-state index contributed by atoms with van der Waals surface area (Å²) < 4.78 is 0. The van der Waals surface area contributed by atoms with Crippen molar-refractivity contribution in [1.29, 1.82) is 0 Å². The molecular formula is C14H26N4O2. The van der Waals surface area contributed by atoms with Crippen LogP contribution >= 0.6 is 0 Å². The number of rotatable bonds is 5. The number of carbonyl (C=O) groups is 1. The first kappa shape index (κ1) is 15.1. The Kier molecular flexibility index (Phi) is 5.64. The fraction of sp³-hybridized carbons (Fsp3) is 0.857. The largest absolute Gasteiger partial charge is 0.409 e. The summed E-state index contributed by atoms with van der Waals surface area (Å²) in [5, 5.41) is 11.5. The highest BCUT2D eigenvalue weighted by atomic mass is 16.4. The fourth-order valence-electron chi connectivity index (χ4n) is 3.20. The van der Waals surface area contributed by atoms with Gasteiger partial charge in [0.15, 0.2) is 5.84 Å². The minimum absolute atomic E-state index is 0.228. The lowest BCUT2D eigenvalue weighted by Gasteiger charge is -2.34. The zero-order chi connectivity index (χ0) is 14.4. The van der Waals surface area contributed by atoms with Crippen LogP contribution in [-0.2, 0) is 4.79 Å². The molecule has 1 aliphatic carbocycles. The third-order valence-corrected chi connectivity index (χ3v) is 4.48. The van der Waals surface area contributed by atoms with Crippen LogP contribution in [0.25, 0.3) is 0 Å². The summed E-state index contributed by atoms with van der Waals surface area (Å²) in [7, 11) is 0. The molecule has 2 fully saturated rings. The lowest BCUT2D eigenvalue weighted by molar-refractivity contribution is -0.133. The predicted molar refractivity (Wildman–Crippen MR) is 77.6 cm³/mol. The first-order valence-corrected chi connectivity index (χ1v) is 7.65. The van der Waals surface area contributed by atoms with E-state index in [9.17, 15) is 4.79 Å². The van der Waals surface area contributed by atoms with Crippen LogP contribution in [0.3, 0.4) is 0 Å². The van der Waals surface area contributed by atoms with Crippen molar-refractivity contribution in [2.45, 2.75) is 38.5 Å². The van der Waals surface area contributed by atoms with Crippen LogP contribution in [0.15, 0.2) is 5.16 Å². The van der Waals surface area contributed by atoms with Crippen LogP contribution in [0.5, 0.6) is 0 Å². The number of nitrogens with two attached hydrogens (primary N) is 1. The maximum Gasteiger partial charge on any atom is 0.222 e. The number of carbonyl (C=O) groups excluding carboxylic acids is 1. The number of hydrogen-bond donors (Lipinski definition) is 2. The van der Waals surface area contributed by atoms with E-state index in [1.165, 1.54) is 25.7 Å². The fourth-order valence-corrected chi connectivity index (χ4v) is 3.20. The summed E-state index contributed by atoms with van der Waals surface area (Å²) >= 11 is 0. The third-order valence-electron chi connectivity index (χ3n) is 4.48. The smallest absolute Gasteiger partial charge is 0.222 e. The highest BCUT2D eigenvalue weighted by molar-refractivity contribution is 5.81. The molecule has 2 aliphatic rings. The summed E-state index contributed by atoms with van der Waals surface area (Å²) in [4.78, 5) is 16.2. The lowest BCUT2D eigenvalue weighted by Crippen LogP contribution is -2.50. The normalized spacial score (nSPS) is 22.4. The van der Waals surface area contributed by atoms with Gasteiger partial charge in [0, 0.05) is 32.6 Å². The molecule has 0 aromatic carbocycles. The van der Waals surface area contributed by atoms with E-state index in [0.29, 0.717) is 18.9 Å². The summed E-state index contributed by atoms with van der Waals surface area (Å²) in [5.41, 5.74) is 5.49. The Bertz CT molecular complexity index is 345. The van der Waals surface area contributed by atoms with Gasteiger partial charge in [-0.2, -0.15) is 0 Å². The van der Waals surface area contributed by atoms with Crippen molar-refractivity contribution >= 4 is 11.7 Å². The van der Waals surface area contributed by atoms with Gasteiger partial charge in [0.05, 0.1) is 6.54 Å². The van der Waals surface area contributed by atoms with Crippen molar-refractivity contribution in [2.24, 2.45) is 16.8 Å². The van der Waals surface area contributed by atoms with E-state index < -0.39 is 0 Å². The highest BCUT2D eigenvalue weighted by Gasteiger charge is 2.23. The lowest BCUT2D eigenvalue weighted by atomic mass is 10.0. The monoisotopic (exact) mass is 282 g/mol. The standard InChI is InChI=1S/C14H26N4O2/c15-13(16-20)11-17-7-9-18(10-8-17)14(19)6-5-12-3-1-2-4-12/h12,20H,1-11H2,(H2,15,16). The first-order valence-electron chi connectivity index (χ1n) is 7.65. The second-order valence-electron chi connectivity index (χ2n) is 5.94. The molecule has 3 N–H and O–H groups in total. The molecule has 1 heterocycles. The summed E-state index contributed by atoms with van der Waals surface area (Å²) in [6.07, 6.45) is 7.05. The van der Waals surface area contributed by atoms with Gasteiger partial charge < -0.3 is 15.8 Å². The molecule has 6 nitrogen and oxygen atoms in total. The number of nitrogens with zero attached hydrogens (tertiary/aromatic N) is 3. The molecule has 1 amide bonds. The average Bonchev–Trinajstić information content (AvgIpc) is 2.98. The molecule has 0 spiro atoms. The Balaban J connectivity index is 1.66. The van der Waals surface area contributed by atoms with Crippen molar-refractivity contribution in [3.05, 3.63) is 0 Å². The average molecular weight is 282 g/mol. The van der Waals surface area contributed by atoms with Crippen molar-refractivity contribution in [1.82, 2.24) is 9.80 Å². The van der Waals surface area contributed by atoms with Gasteiger partial charge in [-0.1, -0.05) is 30.8 Å². The first-order chi connectivity index (χ1) is 9.69. The van der Waals surface area contributed by atoms with Crippen LogP contribution in [0.1, 0.15) is 38.5 Å². The Morgan fingerprint density at radius 3 is 2.45 bits per heavy atom. The van der Waals surface area contributed by atoms with Crippen LogP contribution in [0.4, 0.5) is 0 Å². The molecule has 1 aliphatic heterocycles. The Morgan fingerprint density at radius 2 is 1.85 bits per heavy atom. The minimum atomic E-state index is 0.228. The number of oxime groups is 1. The van der Waals surface area contributed by atoms with Gasteiger partial charge in [0.2, 0.25) is 5.91 Å². The summed E-state index contributed by atoms with van der Waals surface area (Å²) in [5.74, 6) is 1.30. The Labute approximate surface area is 120 Å². The van der Waals surface area contributed by atoms with E-state index in [1.54, 1.807) is 0 Å². The van der Waals surface area contributed by atoms with Crippen LogP contribution in [-0.4, -0.2) is 59.5 Å². The zero-order valence-corrected chi connectivity index (χ0v) is 12.1. The van der Waals surface area contributed by atoms with Gasteiger partial charge in [-0.05, 0) is 12.3 Å². The SMILES string of the molecule is NC(CN1CCN(C(=O)CCC2CCCC2)CC1)=NO. The third kappa shape index (κ3) is 4.37. The van der Waals surface area contributed by atoms with Crippen molar-refractivity contribution in [3.8, 4) is 0 Å². The van der Waals surface area contributed by atoms with Crippen LogP contribution in [0.2, 0.25) is 0 Å². The van der Waals surface area contributed by atoms with E-state index in [1.807, 2.05) is 4.90 Å². The molecule has 114 valence electrons. The maximum absolute atomic E-state index is 12.2. The van der Waals surface area contributed by atoms with E-state index >= 15 is 0 Å². The Morgan fingerprint density at radius 1 is 1.20 bits per heavy atom. The molecule has 1 saturated carbocycles. The molecule has 2 rings (SSSR count). The Hall–Kier alpha value is -1.30. The molecule has 0 atom stereocenters. The van der Waals surface area contributed by atoms with E-state index in [-0.39, 0.29) is 5.84 Å². The molecule has 1 saturated heterocycles. The number of amidine groups is 1. The summed E-state index contributed by atoms with van der Waals surface area (Å²) in [6.45, 7) is 3.57. The van der Waals surface area contributed by atoms with Gasteiger partial charge in [-0.25, -0.2) is 0 Å². The molecule has 20 heavy (non-hydrogen) atoms. The second-order valence-corrected chi connectivity index (χ2v) is 5.94. The van der Waals surface area contributed by atoms with Gasteiger partial charge in [0.25, 0.3) is 0 Å². The molecule has 0 bridgehead atoms. The van der Waals surface area contributed by atoms with Crippen LogP contribution < -0.4 is 5.73 Å². The highest BCUT2D eigenvalue weighted by Crippen LogP contribution is 2.28. The number of amides is 1. The minimum Gasteiger partial charge on any atom is -0.409 e. The van der Waals surface area contributed by atoms with Gasteiger partial charge in [-0.3, -0.25) is 9.69 Å². The van der Waals surface area contributed by atoms with Crippen LogP contribution in [0, 0.1) is 5.92 Å². The molecule has 0 unspecified atom stereocenters. The molecule has 6 heteroatoms. The van der Waals surface area contributed by atoms with Crippen molar-refractivity contribution in [2.75, 3.05) is 32.7 Å². The number of hydrogen-bond acceptors (Lipinski definition) is 4. The van der Waals surface area contributed by atoms with Crippen molar-refractivity contribution in [3.63, 3.8) is 0 Å². The van der Waals surface area contributed by atoms with Gasteiger partial charge in [-0.15, -0.1) is 0 Å². The van der Waals surface area contributed by atoms with Gasteiger partial charge >= 0.3 is 0 Å². The van der Waals surface area contributed by atoms with Crippen molar-refractivity contribution < 1.29 is 10.0 Å². The predicted octanol–water partition coefficient (Wildman–Crippen LogP) is 0.847.